The molecule has 0 unspecified atom stereocenters. The first-order valence-corrected chi connectivity index (χ1v) is 9.91. The number of hydrogen-bond donors (Lipinski definition) is 0. The monoisotopic (exact) mass is 398 g/mol. The van der Waals surface area contributed by atoms with Crippen LogP contribution in [0.3, 0.4) is 0 Å². The smallest absolute Gasteiger partial charge is 0.251 e. The topological polar surface area (TPSA) is 70.0 Å². The number of aryl methyl sites for hydroxylation is 1. The van der Waals surface area contributed by atoms with Gasteiger partial charge in [-0.05, 0) is 38.0 Å². The van der Waals surface area contributed by atoms with Crippen molar-refractivity contribution >= 4 is 32.7 Å². The second-order valence-electron chi connectivity index (χ2n) is 6.29. The molecule has 0 saturated heterocycles. The number of pyridine rings is 1. The fourth-order valence-electron chi connectivity index (χ4n) is 2.87. The first-order valence-electron chi connectivity index (χ1n) is 9.09. The predicted octanol–water partition coefficient (Wildman–Crippen LogP) is 4.94. The summed E-state index contributed by atoms with van der Waals surface area (Å²) in [5, 5.41) is 0.710. The van der Waals surface area contributed by atoms with E-state index in [9.17, 15) is 4.39 Å². The van der Waals surface area contributed by atoms with Crippen molar-refractivity contribution in [3.63, 3.8) is 0 Å². The lowest BCUT2D eigenvalue weighted by molar-refractivity contribution is 0.290. The largest absolute Gasteiger partial charge is 0.477 e. The van der Waals surface area contributed by atoms with E-state index in [0.29, 0.717) is 34.4 Å². The number of aromatic nitrogens is 4. The van der Waals surface area contributed by atoms with Crippen LogP contribution in [0.1, 0.15) is 25.8 Å². The first-order chi connectivity index (χ1) is 13.6. The highest BCUT2D eigenvalue weighted by Gasteiger charge is 2.16. The zero-order chi connectivity index (χ0) is 19.7. The average molecular weight is 398 g/mol. The van der Waals surface area contributed by atoms with E-state index in [-0.39, 0.29) is 5.88 Å². The van der Waals surface area contributed by atoms with Crippen LogP contribution >= 0.6 is 11.3 Å². The second kappa shape index (κ2) is 7.63. The molecule has 0 N–H and O–H groups in total. The molecule has 0 aliphatic heterocycles. The van der Waals surface area contributed by atoms with Crippen molar-refractivity contribution in [3.05, 3.63) is 35.8 Å². The summed E-state index contributed by atoms with van der Waals surface area (Å²) >= 11 is 1.38. The molecule has 6 nitrogen and oxygen atoms in total. The normalized spacial score (nSPS) is 11.3. The van der Waals surface area contributed by atoms with Crippen molar-refractivity contribution < 1.29 is 13.9 Å². The van der Waals surface area contributed by atoms with Gasteiger partial charge in [0.15, 0.2) is 5.82 Å². The minimum atomic E-state index is -0.506. The molecule has 0 bridgehead atoms. The Kier molecular flexibility index (Phi) is 5.04. The predicted molar refractivity (Wildman–Crippen MR) is 108 cm³/mol. The summed E-state index contributed by atoms with van der Waals surface area (Å²) < 4.78 is 25.1. The van der Waals surface area contributed by atoms with E-state index >= 15 is 0 Å². The third kappa shape index (κ3) is 3.47. The zero-order valence-electron chi connectivity index (χ0n) is 15.8. The Morgan fingerprint density at radius 3 is 2.68 bits per heavy atom. The Bertz CT molecular complexity index is 1160. The minimum absolute atomic E-state index is 0.0137. The van der Waals surface area contributed by atoms with E-state index < -0.39 is 5.82 Å². The van der Waals surface area contributed by atoms with E-state index in [1.165, 1.54) is 17.4 Å². The fraction of sp³-hybridized carbons (Fsp3) is 0.300. The molecule has 3 aromatic heterocycles. The van der Waals surface area contributed by atoms with E-state index in [0.717, 1.165) is 28.6 Å². The van der Waals surface area contributed by atoms with Crippen LogP contribution in [0, 0.1) is 12.7 Å². The van der Waals surface area contributed by atoms with Crippen molar-refractivity contribution in [1.82, 2.24) is 19.9 Å². The van der Waals surface area contributed by atoms with Gasteiger partial charge in [-0.15, -0.1) is 0 Å². The lowest BCUT2D eigenvalue weighted by Crippen LogP contribution is -1.99. The summed E-state index contributed by atoms with van der Waals surface area (Å²) in [6.45, 7) is 6.79. The molecule has 0 spiro atoms. The molecule has 0 aliphatic carbocycles. The highest BCUT2D eigenvalue weighted by molar-refractivity contribution is 7.21. The molecule has 4 rings (SSSR count). The maximum atomic E-state index is 14.2. The number of hydrogen-bond acceptors (Lipinski definition) is 7. The molecule has 4 aromatic rings. The number of halogens is 1. The molecule has 0 radical (unpaired) electrons. The lowest BCUT2D eigenvalue weighted by Gasteiger charge is -2.07. The molecule has 28 heavy (non-hydrogen) atoms. The molecule has 0 atom stereocenters. The van der Waals surface area contributed by atoms with Gasteiger partial charge in [-0.2, -0.15) is 4.98 Å². The van der Waals surface area contributed by atoms with Crippen molar-refractivity contribution in [2.75, 3.05) is 13.2 Å². The second-order valence-corrected chi connectivity index (χ2v) is 7.27. The highest BCUT2D eigenvalue weighted by atomic mass is 32.1. The van der Waals surface area contributed by atoms with E-state index in [4.69, 9.17) is 9.47 Å². The van der Waals surface area contributed by atoms with Gasteiger partial charge in [-0.3, -0.25) is 0 Å². The van der Waals surface area contributed by atoms with E-state index in [2.05, 4.69) is 19.9 Å². The summed E-state index contributed by atoms with van der Waals surface area (Å²) in [5.41, 5.74) is 3.80. The molecule has 0 aliphatic rings. The summed E-state index contributed by atoms with van der Waals surface area (Å²) in [5.74, 6) is -0.00912. The number of fused-ring (bicyclic) bond motifs is 2. The Labute approximate surface area is 165 Å². The summed E-state index contributed by atoms with van der Waals surface area (Å²) in [6.07, 6.45) is 2.39. The van der Waals surface area contributed by atoms with Crippen LogP contribution in [0.15, 0.2) is 24.4 Å². The van der Waals surface area contributed by atoms with E-state index in [1.54, 1.807) is 6.20 Å². The molecule has 0 saturated carbocycles. The molecule has 3 heterocycles. The third-order valence-corrected chi connectivity index (χ3v) is 5.04. The Hall–Kier alpha value is -2.87. The molecule has 1 aromatic carbocycles. The van der Waals surface area contributed by atoms with E-state index in [1.807, 2.05) is 32.9 Å². The first kappa shape index (κ1) is 18.5. The van der Waals surface area contributed by atoms with Crippen molar-refractivity contribution in [1.29, 1.82) is 0 Å². The average Bonchev–Trinajstić information content (AvgIpc) is 3.08. The van der Waals surface area contributed by atoms with Crippen LogP contribution in [0.5, 0.6) is 11.8 Å². The van der Waals surface area contributed by atoms with Gasteiger partial charge in [-0.25, -0.2) is 19.3 Å². The molecule has 0 fully saturated rings. The number of rotatable bonds is 6. The molecule has 8 heteroatoms. The summed E-state index contributed by atoms with van der Waals surface area (Å²) in [7, 11) is 0. The Morgan fingerprint density at radius 2 is 1.89 bits per heavy atom. The maximum absolute atomic E-state index is 14.2. The van der Waals surface area contributed by atoms with Crippen molar-refractivity contribution in [3.8, 4) is 22.3 Å². The molecular formula is C20H19FN4O2S. The quantitative estimate of drug-likeness (QED) is 0.458. The van der Waals surface area contributed by atoms with Crippen molar-refractivity contribution in [2.24, 2.45) is 0 Å². The number of nitrogens with zero attached hydrogens (tertiary/aromatic N) is 4. The van der Waals surface area contributed by atoms with Crippen molar-refractivity contribution in [2.45, 2.75) is 27.2 Å². The SMILES string of the molecule is CCCOc1nc2sc(-c3cc(C)cc4nc(OCC)cnc34)nc2cc1F. The van der Waals surface area contributed by atoms with Gasteiger partial charge >= 0.3 is 0 Å². The minimum Gasteiger partial charge on any atom is -0.477 e. The fourth-order valence-corrected chi connectivity index (χ4v) is 3.80. The summed E-state index contributed by atoms with van der Waals surface area (Å²) in [4.78, 5) is 18.5. The van der Waals surface area contributed by atoms with Gasteiger partial charge in [0.25, 0.3) is 5.88 Å². The van der Waals surface area contributed by atoms with Crippen LogP contribution in [-0.2, 0) is 0 Å². The number of benzene rings is 1. The summed E-state index contributed by atoms with van der Waals surface area (Å²) in [6, 6.07) is 5.32. The van der Waals surface area contributed by atoms with Crippen LogP contribution in [0.4, 0.5) is 4.39 Å². The van der Waals surface area contributed by atoms with Crippen LogP contribution in [-0.4, -0.2) is 33.1 Å². The highest BCUT2D eigenvalue weighted by Crippen LogP contribution is 2.35. The van der Waals surface area contributed by atoms with Gasteiger partial charge in [0.05, 0.1) is 30.4 Å². The van der Waals surface area contributed by atoms with Crippen LogP contribution in [0.25, 0.3) is 32.0 Å². The van der Waals surface area contributed by atoms with Crippen LogP contribution < -0.4 is 9.47 Å². The number of ether oxygens (including phenoxy) is 2. The molecular weight excluding hydrogens is 379 g/mol. The third-order valence-electron chi connectivity index (χ3n) is 4.04. The lowest BCUT2D eigenvalue weighted by atomic mass is 10.1. The van der Waals surface area contributed by atoms with Crippen LogP contribution in [0.2, 0.25) is 0 Å². The Balaban J connectivity index is 1.83. The van der Waals surface area contributed by atoms with Gasteiger partial charge in [0, 0.05) is 11.6 Å². The maximum Gasteiger partial charge on any atom is 0.251 e. The molecule has 144 valence electrons. The zero-order valence-corrected chi connectivity index (χ0v) is 16.6. The van der Waals surface area contributed by atoms with Gasteiger partial charge < -0.3 is 9.47 Å². The van der Waals surface area contributed by atoms with Gasteiger partial charge in [0.1, 0.15) is 15.4 Å². The Morgan fingerprint density at radius 1 is 1.04 bits per heavy atom. The number of thiazole rings is 1. The van der Waals surface area contributed by atoms with Gasteiger partial charge in [0.2, 0.25) is 5.88 Å². The standard InChI is InChI=1S/C20H19FN4O2S/c1-4-6-27-18-13(21)9-15-20(25-18)28-19(24-15)12-7-11(3)8-14-17(12)22-10-16(23-14)26-5-2/h7-10H,4-6H2,1-3H3. The van der Waals surface area contributed by atoms with Gasteiger partial charge in [-0.1, -0.05) is 18.3 Å². The molecule has 0 amide bonds.